The Kier molecular flexibility index (Phi) is 10.8. The minimum absolute atomic E-state index is 0. The van der Waals surface area contributed by atoms with Gasteiger partial charge in [-0.1, -0.05) is 36.4 Å². The predicted octanol–water partition coefficient (Wildman–Crippen LogP) is 6.94. The van der Waals surface area contributed by atoms with Crippen molar-refractivity contribution in [3.05, 3.63) is 66.1 Å². The van der Waals surface area contributed by atoms with Crippen LogP contribution in [0.4, 0.5) is 11.4 Å². The van der Waals surface area contributed by atoms with Crippen molar-refractivity contribution in [1.29, 1.82) is 0 Å². The molecule has 0 unspecified atom stereocenters. The molecule has 2 aromatic rings. The zero-order chi connectivity index (χ0) is 18.3. The van der Waals surface area contributed by atoms with Crippen LogP contribution in [0, 0.1) is 35.1 Å². The number of aryl methyl sites for hydroxylation is 4. The third kappa shape index (κ3) is 6.51. The van der Waals surface area contributed by atoms with Gasteiger partial charge in [-0.25, -0.2) is 0 Å². The van der Waals surface area contributed by atoms with E-state index in [2.05, 4.69) is 91.8 Å². The molecule has 2 aromatic carbocycles. The molecule has 0 N–H and O–H groups in total. The molecule has 138 valence electrons. The maximum atomic E-state index is 4.80. The molecule has 0 saturated carbocycles. The Bertz CT molecular complexity index is 658. The van der Waals surface area contributed by atoms with E-state index in [9.17, 15) is 0 Å². The van der Waals surface area contributed by atoms with Gasteiger partial charge in [0.25, 0.3) is 0 Å². The first-order valence-electron chi connectivity index (χ1n) is 7.75. The molecular formula is C21H27ClN2Pd. The summed E-state index contributed by atoms with van der Waals surface area (Å²) in [4.78, 5) is 9.60. The summed E-state index contributed by atoms with van der Waals surface area (Å²) < 4.78 is 0. The number of benzene rings is 2. The van der Waals surface area contributed by atoms with Gasteiger partial charge in [-0.2, -0.15) is 0 Å². The SMILES string of the molecule is CC(=Nc1c(C)cccc1C)C(C)=Nc1c(C)cccc1C.[CH3-].[Cl][Pd+]. The van der Waals surface area contributed by atoms with Crippen molar-refractivity contribution in [2.24, 2.45) is 9.98 Å². The monoisotopic (exact) mass is 448 g/mol. The van der Waals surface area contributed by atoms with Crippen LogP contribution in [-0.2, 0) is 18.2 Å². The fourth-order valence-electron chi connectivity index (χ4n) is 2.46. The van der Waals surface area contributed by atoms with Crippen LogP contribution in [0.2, 0.25) is 0 Å². The zero-order valence-corrected chi connectivity index (χ0v) is 18.4. The summed E-state index contributed by atoms with van der Waals surface area (Å²) in [5, 5.41) is 0. The molecule has 0 heterocycles. The van der Waals surface area contributed by atoms with Gasteiger partial charge >= 0.3 is 27.7 Å². The van der Waals surface area contributed by atoms with E-state index in [1.54, 1.807) is 0 Å². The Labute approximate surface area is 167 Å². The summed E-state index contributed by atoms with van der Waals surface area (Å²) >= 11 is 2.22. The van der Waals surface area contributed by atoms with E-state index in [1.165, 1.54) is 22.3 Å². The standard InChI is InChI=1S/C20H24N2.CH3.ClH.Pd/c1-13-9-7-10-14(2)19(13)21-17(5)18(6)22-20-15(3)11-8-12-16(20)4;;;/h7-12H,1-6H3;1H3;1H;/q;-1;;+2/p-1. The summed E-state index contributed by atoms with van der Waals surface area (Å²) in [6, 6.07) is 12.5. The first-order valence-corrected chi connectivity index (χ1v) is 9.75. The van der Waals surface area contributed by atoms with E-state index >= 15 is 0 Å². The average Bonchev–Trinajstić information content (AvgIpc) is 2.56. The number of hydrogen-bond acceptors (Lipinski definition) is 2. The van der Waals surface area contributed by atoms with Crippen LogP contribution in [-0.4, -0.2) is 11.4 Å². The fourth-order valence-corrected chi connectivity index (χ4v) is 2.46. The van der Waals surface area contributed by atoms with Crippen molar-refractivity contribution in [2.45, 2.75) is 41.5 Å². The minimum atomic E-state index is 0. The summed E-state index contributed by atoms with van der Waals surface area (Å²) in [7, 11) is 4.49. The first kappa shape index (κ1) is 23.7. The molecule has 0 radical (unpaired) electrons. The van der Waals surface area contributed by atoms with Crippen LogP contribution in [0.1, 0.15) is 36.1 Å². The number of nitrogens with zero attached hydrogens (tertiary/aromatic N) is 2. The second-order valence-corrected chi connectivity index (χ2v) is 5.88. The molecule has 0 amide bonds. The predicted molar refractivity (Wildman–Crippen MR) is 110 cm³/mol. The summed E-state index contributed by atoms with van der Waals surface area (Å²) in [6.45, 7) is 12.4. The Morgan fingerprint density at radius 2 is 0.920 bits per heavy atom. The maximum absolute atomic E-state index is 4.80. The molecule has 0 aliphatic heterocycles. The number of aliphatic imine (C=N–C) groups is 2. The molecule has 25 heavy (non-hydrogen) atoms. The van der Waals surface area contributed by atoms with E-state index in [1.807, 2.05) is 13.8 Å². The normalized spacial score (nSPS) is 11.4. The second kappa shape index (κ2) is 11.4. The van der Waals surface area contributed by atoms with Gasteiger partial charge in [0.2, 0.25) is 0 Å². The third-order valence-electron chi connectivity index (χ3n) is 3.96. The fraction of sp³-hybridized carbons (Fsp3) is 0.286. The van der Waals surface area contributed by atoms with Crippen molar-refractivity contribution in [3.8, 4) is 0 Å². The van der Waals surface area contributed by atoms with E-state index < -0.39 is 0 Å². The molecule has 0 atom stereocenters. The average molecular weight is 449 g/mol. The third-order valence-corrected chi connectivity index (χ3v) is 3.96. The summed E-state index contributed by atoms with van der Waals surface area (Å²) in [5.74, 6) is 0. The molecular weight excluding hydrogens is 422 g/mol. The number of hydrogen-bond donors (Lipinski definition) is 0. The van der Waals surface area contributed by atoms with Gasteiger partial charge < -0.3 is 7.43 Å². The van der Waals surface area contributed by atoms with Gasteiger partial charge in [-0.05, 0) is 63.8 Å². The molecule has 0 aromatic heterocycles. The van der Waals surface area contributed by atoms with Crippen molar-refractivity contribution in [1.82, 2.24) is 0 Å². The molecule has 0 spiro atoms. The van der Waals surface area contributed by atoms with E-state index in [4.69, 9.17) is 9.98 Å². The van der Waals surface area contributed by atoms with E-state index in [0.29, 0.717) is 0 Å². The molecule has 0 aliphatic carbocycles. The van der Waals surface area contributed by atoms with Gasteiger partial charge in [0.1, 0.15) is 0 Å². The van der Waals surface area contributed by atoms with Gasteiger partial charge in [0, 0.05) is 0 Å². The first-order chi connectivity index (χ1) is 11.4. The second-order valence-electron chi connectivity index (χ2n) is 5.88. The zero-order valence-electron chi connectivity index (χ0n) is 16.1. The summed E-state index contributed by atoms with van der Waals surface area (Å²) in [6.07, 6.45) is 0. The summed E-state index contributed by atoms with van der Waals surface area (Å²) in [5.41, 5.74) is 8.80. The van der Waals surface area contributed by atoms with Gasteiger partial charge in [-0.3, -0.25) is 9.98 Å². The van der Waals surface area contributed by atoms with Crippen LogP contribution in [0.5, 0.6) is 0 Å². The number of para-hydroxylation sites is 2. The van der Waals surface area contributed by atoms with Gasteiger partial charge in [0.05, 0.1) is 22.8 Å². The van der Waals surface area contributed by atoms with Crippen molar-refractivity contribution in [3.63, 3.8) is 0 Å². The molecule has 0 fully saturated rings. The van der Waals surface area contributed by atoms with Crippen molar-refractivity contribution < 1.29 is 18.2 Å². The Hall–Kier alpha value is -1.27. The number of halogens is 1. The topological polar surface area (TPSA) is 24.7 Å². The van der Waals surface area contributed by atoms with Gasteiger partial charge in [0.15, 0.2) is 0 Å². The van der Waals surface area contributed by atoms with Crippen LogP contribution >= 0.6 is 9.53 Å². The molecule has 2 nitrogen and oxygen atoms in total. The molecule has 2 rings (SSSR count). The quantitative estimate of drug-likeness (QED) is 0.276. The van der Waals surface area contributed by atoms with Crippen LogP contribution < -0.4 is 0 Å². The van der Waals surface area contributed by atoms with Crippen molar-refractivity contribution in [2.75, 3.05) is 0 Å². The van der Waals surface area contributed by atoms with E-state index in [0.717, 1.165) is 22.8 Å². The van der Waals surface area contributed by atoms with E-state index in [-0.39, 0.29) is 7.43 Å². The van der Waals surface area contributed by atoms with Crippen LogP contribution in [0.15, 0.2) is 46.4 Å². The Morgan fingerprint density at radius 3 is 1.16 bits per heavy atom. The molecule has 0 saturated heterocycles. The van der Waals surface area contributed by atoms with Gasteiger partial charge in [-0.15, -0.1) is 0 Å². The Morgan fingerprint density at radius 1 is 0.680 bits per heavy atom. The van der Waals surface area contributed by atoms with Crippen molar-refractivity contribution >= 4 is 32.3 Å². The Balaban J connectivity index is 0.00000185. The molecule has 0 aliphatic rings. The van der Waals surface area contributed by atoms with Crippen LogP contribution in [0.3, 0.4) is 0 Å². The van der Waals surface area contributed by atoms with Crippen LogP contribution in [0.25, 0.3) is 0 Å². The number of rotatable bonds is 3. The molecule has 4 heteroatoms. The molecule has 0 bridgehead atoms.